The molecule has 3 rings (SSSR count). The molecule has 1 aliphatic heterocycles. The fourth-order valence-electron chi connectivity index (χ4n) is 3.91. The van der Waals surface area contributed by atoms with Gasteiger partial charge >= 0.3 is 6.09 Å². The number of hydrogen-bond donors (Lipinski definition) is 2. The first-order valence-corrected chi connectivity index (χ1v) is 10.1. The fourth-order valence-corrected chi connectivity index (χ4v) is 3.91. The van der Waals surface area contributed by atoms with Crippen LogP contribution in [0.5, 0.6) is 11.5 Å². The average molecular weight is 414 g/mol. The normalized spacial score (nSPS) is 16.0. The van der Waals surface area contributed by atoms with Gasteiger partial charge in [0.15, 0.2) is 11.6 Å². The first-order chi connectivity index (χ1) is 14.2. The van der Waals surface area contributed by atoms with Gasteiger partial charge in [0.05, 0.1) is 0 Å². The molecule has 0 saturated heterocycles. The third kappa shape index (κ3) is 5.28. The van der Waals surface area contributed by atoms with Crippen LogP contribution in [0.4, 0.5) is 14.9 Å². The van der Waals surface area contributed by atoms with E-state index in [2.05, 4.69) is 19.2 Å². The Balaban J connectivity index is 1.85. The predicted molar refractivity (Wildman–Crippen MR) is 113 cm³/mol. The van der Waals surface area contributed by atoms with Crippen LogP contribution in [0.2, 0.25) is 0 Å². The Morgan fingerprint density at radius 3 is 2.67 bits per heavy atom. The van der Waals surface area contributed by atoms with Gasteiger partial charge in [0.2, 0.25) is 5.91 Å². The number of hydrogen-bond acceptors (Lipinski definition) is 3. The number of anilines is 1. The number of carbonyl (C=O) groups excluding carboxylic acids is 1. The summed E-state index contributed by atoms with van der Waals surface area (Å²) in [6.45, 7) is 6.50. The van der Waals surface area contributed by atoms with Gasteiger partial charge in [0, 0.05) is 37.7 Å². The van der Waals surface area contributed by atoms with Gasteiger partial charge in [-0.3, -0.25) is 4.79 Å². The van der Waals surface area contributed by atoms with Crippen molar-refractivity contribution in [3.63, 3.8) is 0 Å². The summed E-state index contributed by atoms with van der Waals surface area (Å²) in [6, 6.07) is 9.89. The highest BCUT2D eigenvalue weighted by Crippen LogP contribution is 2.35. The molecule has 2 N–H and O–H groups in total. The minimum absolute atomic E-state index is 0.0589. The van der Waals surface area contributed by atoms with Crippen molar-refractivity contribution < 1.29 is 23.8 Å². The van der Waals surface area contributed by atoms with Crippen LogP contribution in [0.3, 0.4) is 0 Å². The number of nitrogens with one attached hydrogen (secondary N) is 1. The summed E-state index contributed by atoms with van der Waals surface area (Å²) in [7, 11) is 0. The largest absolute Gasteiger partial charge is 0.465 e. The van der Waals surface area contributed by atoms with E-state index in [0.717, 1.165) is 17.5 Å². The highest BCUT2D eigenvalue weighted by molar-refractivity contribution is 5.88. The molecule has 2 amide bonds. The monoisotopic (exact) mass is 414 g/mol. The lowest BCUT2D eigenvalue weighted by Gasteiger charge is -2.24. The van der Waals surface area contributed by atoms with E-state index in [1.807, 2.05) is 12.1 Å². The summed E-state index contributed by atoms with van der Waals surface area (Å²) < 4.78 is 20.1. The fraction of sp³-hybridized carbons (Fsp3) is 0.391. The molecule has 2 aromatic carbocycles. The maximum Gasteiger partial charge on any atom is 0.407 e. The molecule has 160 valence electrons. The van der Waals surface area contributed by atoms with E-state index in [4.69, 9.17) is 4.74 Å². The van der Waals surface area contributed by atoms with Crippen LogP contribution in [0.25, 0.3) is 0 Å². The SMILES string of the molecule is CC(=O)Nc1ccc(Oc2ccc3c(c2)CCN(C(=O)O)CC3CC(C)C)c(F)c1. The van der Waals surface area contributed by atoms with Gasteiger partial charge in [-0.2, -0.15) is 0 Å². The molecule has 0 radical (unpaired) electrons. The van der Waals surface area contributed by atoms with E-state index < -0.39 is 11.9 Å². The lowest BCUT2D eigenvalue weighted by molar-refractivity contribution is -0.114. The lowest BCUT2D eigenvalue weighted by atomic mass is 9.87. The second kappa shape index (κ2) is 9.15. The van der Waals surface area contributed by atoms with Gasteiger partial charge in [-0.25, -0.2) is 9.18 Å². The minimum atomic E-state index is -0.908. The Morgan fingerprint density at radius 1 is 1.27 bits per heavy atom. The molecule has 6 nitrogen and oxygen atoms in total. The van der Waals surface area contributed by atoms with Crippen molar-refractivity contribution in [1.29, 1.82) is 0 Å². The standard InChI is InChI=1S/C23H27FN2O4/c1-14(2)10-17-13-26(23(28)29)9-8-16-11-19(5-6-20(16)17)30-22-7-4-18(12-21(22)24)25-15(3)27/h4-7,11-12,14,17H,8-10,13H2,1-3H3,(H,25,27)(H,28,29). The van der Waals surface area contributed by atoms with Crippen molar-refractivity contribution in [2.45, 2.75) is 39.5 Å². The number of carboxylic acid groups (broad SMARTS) is 1. The first-order valence-electron chi connectivity index (χ1n) is 10.1. The second-order valence-corrected chi connectivity index (χ2v) is 8.09. The summed E-state index contributed by atoms with van der Waals surface area (Å²) in [5.41, 5.74) is 2.51. The molecular weight excluding hydrogens is 387 g/mol. The molecule has 0 aliphatic carbocycles. The molecule has 1 heterocycles. The Bertz CT molecular complexity index is 945. The predicted octanol–water partition coefficient (Wildman–Crippen LogP) is 5.24. The number of fused-ring (bicyclic) bond motifs is 1. The maximum absolute atomic E-state index is 14.4. The van der Waals surface area contributed by atoms with E-state index in [1.165, 1.54) is 24.0 Å². The molecule has 0 spiro atoms. The molecule has 2 aromatic rings. The zero-order chi connectivity index (χ0) is 21.8. The lowest BCUT2D eigenvalue weighted by Crippen LogP contribution is -2.33. The van der Waals surface area contributed by atoms with E-state index in [1.54, 1.807) is 12.1 Å². The maximum atomic E-state index is 14.4. The van der Waals surface area contributed by atoms with Crippen molar-refractivity contribution in [3.05, 3.63) is 53.3 Å². The first kappa shape index (κ1) is 21.6. The van der Waals surface area contributed by atoms with Crippen molar-refractivity contribution in [3.8, 4) is 11.5 Å². The van der Waals surface area contributed by atoms with Crippen LogP contribution in [-0.2, 0) is 11.2 Å². The number of halogens is 1. The molecule has 1 atom stereocenters. The summed E-state index contributed by atoms with van der Waals surface area (Å²) in [6.07, 6.45) is 0.558. The highest BCUT2D eigenvalue weighted by atomic mass is 19.1. The van der Waals surface area contributed by atoms with Gasteiger partial charge in [-0.05, 0) is 54.2 Å². The Kier molecular flexibility index (Phi) is 6.59. The summed E-state index contributed by atoms with van der Waals surface area (Å²) >= 11 is 0. The zero-order valence-electron chi connectivity index (χ0n) is 17.4. The number of benzene rings is 2. The Morgan fingerprint density at radius 2 is 2.03 bits per heavy atom. The van der Waals surface area contributed by atoms with E-state index in [0.29, 0.717) is 36.9 Å². The van der Waals surface area contributed by atoms with E-state index >= 15 is 0 Å². The molecule has 7 heteroatoms. The summed E-state index contributed by atoms with van der Waals surface area (Å²) in [5, 5.41) is 12.0. The molecule has 1 aliphatic rings. The molecule has 30 heavy (non-hydrogen) atoms. The Labute approximate surface area is 175 Å². The second-order valence-electron chi connectivity index (χ2n) is 8.09. The van der Waals surface area contributed by atoms with Crippen molar-refractivity contribution in [2.24, 2.45) is 5.92 Å². The third-order valence-electron chi connectivity index (χ3n) is 5.15. The van der Waals surface area contributed by atoms with E-state index in [-0.39, 0.29) is 17.6 Å². The van der Waals surface area contributed by atoms with Crippen LogP contribution in [0.15, 0.2) is 36.4 Å². The van der Waals surface area contributed by atoms with Crippen LogP contribution < -0.4 is 10.1 Å². The molecule has 0 fully saturated rings. The quantitative estimate of drug-likeness (QED) is 0.701. The number of amides is 2. The number of carbonyl (C=O) groups is 2. The van der Waals surface area contributed by atoms with Crippen molar-refractivity contribution in [2.75, 3.05) is 18.4 Å². The van der Waals surface area contributed by atoms with Crippen LogP contribution in [0, 0.1) is 11.7 Å². The van der Waals surface area contributed by atoms with Crippen LogP contribution >= 0.6 is 0 Å². The zero-order valence-corrected chi connectivity index (χ0v) is 17.4. The van der Waals surface area contributed by atoms with Crippen LogP contribution in [0.1, 0.15) is 44.2 Å². The van der Waals surface area contributed by atoms with Gasteiger partial charge < -0.3 is 20.1 Å². The number of rotatable bonds is 5. The molecule has 0 bridgehead atoms. The smallest absolute Gasteiger partial charge is 0.407 e. The van der Waals surface area contributed by atoms with Crippen molar-refractivity contribution >= 4 is 17.7 Å². The van der Waals surface area contributed by atoms with Crippen molar-refractivity contribution in [1.82, 2.24) is 4.90 Å². The molecule has 1 unspecified atom stereocenters. The third-order valence-corrected chi connectivity index (χ3v) is 5.15. The van der Waals surface area contributed by atoms with E-state index in [9.17, 15) is 19.1 Å². The average Bonchev–Trinajstić information content (AvgIpc) is 2.82. The number of nitrogens with zero attached hydrogens (tertiary/aromatic N) is 1. The summed E-state index contributed by atoms with van der Waals surface area (Å²) in [4.78, 5) is 24.1. The minimum Gasteiger partial charge on any atom is -0.465 e. The molecule has 0 aromatic heterocycles. The molecular formula is C23H27FN2O4. The molecule has 0 saturated carbocycles. The van der Waals surface area contributed by atoms with Gasteiger partial charge in [-0.15, -0.1) is 0 Å². The van der Waals surface area contributed by atoms with Crippen LogP contribution in [-0.4, -0.2) is 35.1 Å². The number of ether oxygens (including phenoxy) is 1. The topological polar surface area (TPSA) is 78.9 Å². The van der Waals surface area contributed by atoms with Gasteiger partial charge in [0.25, 0.3) is 0 Å². The highest BCUT2D eigenvalue weighted by Gasteiger charge is 2.26. The Hall–Kier alpha value is -3.09. The summed E-state index contributed by atoms with van der Waals surface area (Å²) in [5.74, 6) is 0.242. The van der Waals surface area contributed by atoms with Gasteiger partial charge in [-0.1, -0.05) is 19.9 Å². The van der Waals surface area contributed by atoms with Gasteiger partial charge in [0.1, 0.15) is 5.75 Å².